The van der Waals surface area contributed by atoms with Crippen LogP contribution in [0.2, 0.25) is 0 Å². The van der Waals surface area contributed by atoms with E-state index >= 15 is 0 Å². The molecule has 0 bridgehead atoms. The van der Waals surface area contributed by atoms with Gasteiger partial charge in [-0.15, -0.1) is 11.3 Å². The highest BCUT2D eigenvalue weighted by Gasteiger charge is 2.16. The summed E-state index contributed by atoms with van der Waals surface area (Å²) in [5.41, 5.74) is 1.45. The second-order valence-corrected chi connectivity index (χ2v) is 6.17. The zero-order chi connectivity index (χ0) is 16.2. The molecular formula is C17H16N2O3S. The minimum atomic E-state index is -0.184. The van der Waals surface area contributed by atoms with Crippen molar-refractivity contribution in [3.63, 3.8) is 0 Å². The van der Waals surface area contributed by atoms with Crippen molar-refractivity contribution in [1.82, 2.24) is 5.32 Å². The number of nitriles is 1. The third kappa shape index (κ3) is 3.46. The lowest BCUT2D eigenvalue weighted by Crippen LogP contribution is -2.25. The van der Waals surface area contributed by atoms with Crippen LogP contribution in [0.25, 0.3) is 0 Å². The molecule has 1 N–H and O–H groups in total. The summed E-state index contributed by atoms with van der Waals surface area (Å²) >= 11 is 1.27. The second kappa shape index (κ2) is 6.71. The number of nitrogens with zero attached hydrogens (tertiary/aromatic N) is 1. The molecule has 5 nitrogen and oxygen atoms in total. The first-order valence-electron chi connectivity index (χ1n) is 7.36. The molecule has 2 aromatic rings. The molecule has 1 unspecified atom stereocenters. The van der Waals surface area contributed by atoms with Crippen LogP contribution in [-0.4, -0.2) is 19.1 Å². The number of fused-ring (bicyclic) bond motifs is 1. The van der Waals surface area contributed by atoms with Gasteiger partial charge in [-0.25, -0.2) is 0 Å². The number of rotatable bonds is 3. The van der Waals surface area contributed by atoms with Crippen molar-refractivity contribution in [3.8, 4) is 17.6 Å². The summed E-state index contributed by atoms with van der Waals surface area (Å²) in [6.07, 6.45) is 0.857. The average molecular weight is 328 g/mol. The van der Waals surface area contributed by atoms with Gasteiger partial charge in [0.25, 0.3) is 5.91 Å². The number of carbonyl (C=O) groups excluding carboxylic acids is 1. The van der Waals surface area contributed by atoms with Crippen molar-refractivity contribution in [2.75, 3.05) is 13.2 Å². The van der Waals surface area contributed by atoms with Crippen LogP contribution in [0.1, 0.15) is 40.2 Å². The van der Waals surface area contributed by atoms with Crippen LogP contribution in [0.15, 0.2) is 29.6 Å². The van der Waals surface area contributed by atoms with Crippen molar-refractivity contribution in [3.05, 3.63) is 45.6 Å². The first-order chi connectivity index (χ1) is 11.2. The highest BCUT2D eigenvalue weighted by atomic mass is 32.1. The lowest BCUT2D eigenvalue weighted by atomic mass is 10.1. The van der Waals surface area contributed by atoms with E-state index in [1.807, 2.05) is 31.2 Å². The SMILES string of the molecule is CC(NC(=O)c1cc(C#N)cs1)c1ccc2c(c1)OCCCO2. The van der Waals surface area contributed by atoms with Gasteiger partial charge in [-0.1, -0.05) is 6.07 Å². The molecule has 1 aliphatic heterocycles. The third-order valence-electron chi connectivity index (χ3n) is 3.57. The van der Waals surface area contributed by atoms with Crippen LogP contribution >= 0.6 is 11.3 Å². The largest absolute Gasteiger partial charge is 0.490 e. The first-order valence-corrected chi connectivity index (χ1v) is 8.24. The van der Waals surface area contributed by atoms with Crippen molar-refractivity contribution >= 4 is 17.2 Å². The number of carbonyl (C=O) groups is 1. The van der Waals surface area contributed by atoms with E-state index in [0.717, 1.165) is 17.7 Å². The maximum Gasteiger partial charge on any atom is 0.261 e. The van der Waals surface area contributed by atoms with Crippen molar-refractivity contribution in [2.45, 2.75) is 19.4 Å². The fraction of sp³-hybridized carbons (Fsp3) is 0.294. The predicted molar refractivity (Wildman–Crippen MR) is 87.0 cm³/mol. The number of hydrogen-bond acceptors (Lipinski definition) is 5. The van der Waals surface area contributed by atoms with Gasteiger partial charge in [0.15, 0.2) is 11.5 Å². The normalized spacial score (nSPS) is 14.4. The Balaban J connectivity index is 1.73. The average Bonchev–Trinajstić information content (AvgIpc) is 2.92. The van der Waals surface area contributed by atoms with Crippen LogP contribution in [0.3, 0.4) is 0 Å². The van der Waals surface area contributed by atoms with Crippen LogP contribution in [0, 0.1) is 11.3 Å². The maximum absolute atomic E-state index is 12.2. The highest BCUT2D eigenvalue weighted by Crippen LogP contribution is 2.32. The standard InChI is InChI=1S/C17H16N2O3S/c1-11(19-17(20)16-7-12(9-18)10-23-16)13-3-4-14-15(8-13)22-6-2-5-21-14/h3-4,7-8,10-11H,2,5-6H2,1H3,(H,19,20). The molecule has 1 atom stereocenters. The van der Waals surface area contributed by atoms with E-state index in [0.29, 0.717) is 29.4 Å². The Labute approximate surface area is 138 Å². The number of nitrogens with one attached hydrogen (secondary N) is 1. The van der Waals surface area contributed by atoms with Gasteiger partial charge >= 0.3 is 0 Å². The van der Waals surface area contributed by atoms with Crippen molar-refractivity contribution in [2.24, 2.45) is 0 Å². The van der Waals surface area contributed by atoms with E-state index < -0.39 is 0 Å². The number of hydrogen-bond donors (Lipinski definition) is 1. The molecule has 118 valence electrons. The minimum absolute atomic E-state index is 0.174. The minimum Gasteiger partial charge on any atom is -0.490 e. The zero-order valence-electron chi connectivity index (χ0n) is 12.7. The summed E-state index contributed by atoms with van der Waals surface area (Å²) in [6.45, 7) is 3.19. The molecule has 0 fully saturated rings. The lowest BCUT2D eigenvalue weighted by Gasteiger charge is -2.16. The van der Waals surface area contributed by atoms with Crippen LogP contribution in [0.4, 0.5) is 0 Å². The Bertz CT molecular complexity index is 763. The van der Waals surface area contributed by atoms with Crippen molar-refractivity contribution in [1.29, 1.82) is 5.26 Å². The van der Waals surface area contributed by atoms with Crippen molar-refractivity contribution < 1.29 is 14.3 Å². The molecule has 0 aliphatic carbocycles. The molecule has 0 radical (unpaired) electrons. The molecule has 0 saturated heterocycles. The first kappa shape index (κ1) is 15.4. The number of amides is 1. The molecule has 0 spiro atoms. The molecule has 1 aliphatic rings. The second-order valence-electron chi connectivity index (χ2n) is 5.26. The Morgan fingerprint density at radius 1 is 1.30 bits per heavy atom. The van der Waals surface area contributed by atoms with E-state index in [1.165, 1.54) is 11.3 Å². The molecule has 0 saturated carbocycles. The topological polar surface area (TPSA) is 71.4 Å². The van der Waals surface area contributed by atoms with Gasteiger partial charge in [0.1, 0.15) is 6.07 Å². The fourth-order valence-corrected chi connectivity index (χ4v) is 3.05. The molecule has 1 amide bonds. The van der Waals surface area contributed by atoms with Gasteiger partial charge in [0.2, 0.25) is 0 Å². The summed E-state index contributed by atoms with van der Waals surface area (Å²) in [7, 11) is 0. The summed E-state index contributed by atoms with van der Waals surface area (Å²) in [5, 5.41) is 13.4. The quantitative estimate of drug-likeness (QED) is 0.938. The third-order valence-corrected chi connectivity index (χ3v) is 4.50. The van der Waals surface area contributed by atoms with E-state index in [9.17, 15) is 4.79 Å². The molecule has 23 heavy (non-hydrogen) atoms. The van der Waals surface area contributed by atoms with Gasteiger partial charge in [0.05, 0.1) is 29.7 Å². The molecule has 1 aromatic carbocycles. The predicted octanol–water partition coefficient (Wildman–Crippen LogP) is 3.27. The molecule has 6 heteroatoms. The fourth-order valence-electron chi connectivity index (χ4n) is 2.31. The van der Waals surface area contributed by atoms with Gasteiger partial charge < -0.3 is 14.8 Å². The van der Waals surface area contributed by atoms with Gasteiger partial charge in [-0.3, -0.25) is 4.79 Å². The molecule has 2 heterocycles. The molecular weight excluding hydrogens is 312 g/mol. The number of benzene rings is 1. The summed E-state index contributed by atoms with van der Waals surface area (Å²) < 4.78 is 11.3. The highest BCUT2D eigenvalue weighted by molar-refractivity contribution is 7.12. The van der Waals surface area contributed by atoms with Crippen LogP contribution in [0.5, 0.6) is 11.5 Å². The Morgan fingerprint density at radius 2 is 2.09 bits per heavy atom. The lowest BCUT2D eigenvalue weighted by molar-refractivity contribution is 0.0944. The smallest absolute Gasteiger partial charge is 0.261 e. The molecule has 1 aromatic heterocycles. The van der Waals surface area contributed by atoms with Crippen LogP contribution in [-0.2, 0) is 0 Å². The van der Waals surface area contributed by atoms with E-state index in [-0.39, 0.29) is 11.9 Å². The summed E-state index contributed by atoms with van der Waals surface area (Å²) in [4.78, 5) is 12.8. The van der Waals surface area contributed by atoms with E-state index in [1.54, 1.807) is 11.4 Å². The zero-order valence-corrected chi connectivity index (χ0v) is 13.5. The van der Waals surface area contributed by atoms with Gasteiger partial charge in [-0.2, -0.15) is 5.26 Å². The Hall–Kier alpha value is -2.52. The maximum atomic E-state index is 12.2. The summed E-state index contributed by atoms with van der Waals surface area (Å²) in [5.74, 6) is 1.27. The van der Waals surface area contributed by atoms with Gasteiger partial charge in [-0.05, 0) is 30.7 Å². The van der Waals surface area contributed by atoms with E-state index in [4.69, 9.17) is 14.7 Å². The Kier molecular flexibility index (Phi) is 4.49. The summed E-state index contributed by atoms with van der Waals surface area (Å²) in [6, 6.07) is 9.15. The van der Waals surface area contributed by atoms with Gasteiger partial charge in [0, 0.05) is 11.8 Å². The Morgan fingerprint density at radius 3 is 2.83 bits per heavy atom. The molecule has 3 rings (SSSR count). The van der Waals surface area contributed by atoms with Crippen LogP contribution < -0.4 is 14.8 Å². The monoisotopic (exact) mass is 328 g/mol. The number of thiophene rings is 1. The number of ether oxygens (including phenoxy) is 2. The van der Waals surface area contributed by atoms with E-state index in [2.05, 4.69) is 5.32 Å².